The third kappa shape index (κ3) is 2.53. The van der Waals surface area contributed by atoms with Crippen molar-refractivity contribution in [3.63, 3.8) is 0 Å². The predicted molar refractivity (Wildman–Crippen MR) is 65.7 cm³/mol. The summed E-state index contributed by atoms with van der Waals surface area (Å²) in [5.74, 6) is 0.720. The summed E-state index contributed by atoms with van der Waals surface area (Å²) in [5.41, 5.74) is 0.608. The van der Waals surface area contributed by atoms with Gasteiger partial charge < -0.3 is 9.80 Å². The molecule has 0 spiro atoms. The molecule has 1 aliphatic rings. The van der Waals surface area contributed by atoms with E-state index in [9.17, 15) is 0 Å². The first kappa shape index (κ1) is 11.8. The Balaban J connectivity index is 2.29. The van der Waals surface area contributed by atoms with Crippen molar-refractivity contribution in [3.05, 3.63) is 17.8 Å². The van der Waals surface area contributed by atoms with E-state index in [1.54, 1.807) is 12.3 Å². The number of anilines is 1. The third-order valence-electron chi connectivity index (χ3n) is 3.14. The van der Waals surface area contributed by atoms with Gasteiger partial charge in [0, 0.05) is 19.1 Å². The van der Waals surface area contributed by atoms with Crippen LogP contribution < -0.4 is 4.90 Å². The highest BCUT2D eigenvalue weighted by molar-refractivity contribution is 5.53. The maximum absolute atomic E-state index is 9.10. The lowest BCUT2D eigenvalue weighted by Gasteiger charge is -2.29. The summed E-state index contributed by atoms with van der Waals surface area (Å²) in [5, 5.41) is 17.1. The van der Waals surface area contributed by atoms with Crippen molar-refractivity contribution < 1.29 is 0 Å². The number of nitrogens with zero attached hydrogens (tertiary/aromatic N) is 5. The number of hydrogen-bond acceptors (Lipinski definition) is 5. The molecule has 1 fully saturated rings. The summed E-state index contributed by atoms with van der Waals surface area (Å²) in [6.45, 7) is 5.17. The molecule has 0 aromatic carbocycles. The highest BCUT2D eigenvalue weighted by atomic mass is 15.3. The molecule has 1 aromatic heterocycles. The van der Waals surface area contributed by atoms with Crippen LogP contribution in [0.1, 0.15) is 18.9 Å². The van der Waals surface area contributed by atoms with Crippen LogP contribution in [-0.2, 0) is 0 Å². The fourth-order valence-electron chi connectivity index (χ4n) is 2.31. The van der Waals surface area contributed by atoms with Gasteiger partial charge in [-0.15, -0.1) is 5.10 Å². The molecule has 0 radical (unpaired) electrons. The first-order valence-electron chi connectivity index (χ1n) is 5.89. The Bertz CT molecular complexity index is 425. The molecule has 90 valence electrons. The van der Waals surface area contributed by atoms with Crippen LogP contribution in [0.15, 0.2) is 12.3 Å². The molecule has 0 N–H and O–H groups in total. The van der Waals surface area contributed by atoms with Crippen molar-refractivity contribution >= 4 is 5.82 Å². The fraction of sp³-hybridized carbons (Fsp3) is 0.583. The molecule has 1 atom stereocenters. The van der Waals surface area contributed by atoms with Crippen molar-refractivity contribution in [3.8, 4) is 6.07 Å². The minimum absolute atomic E-state index is 0.353. The Morgan fingerprint density at radius 2 is 2.29 bits per heavy atom. The molecule has 1 aromatic rings. The van der Waals surface area contributed by atoms with Gasteiger partial charge in [0.05, 0.1) is 11.8 Å². The third-order valence-corrected chi connectivity index (χ3v) is 3.14. The zero-order valence-electron chi connectivity index (χ0n) is 10.3. The van der Waals surface area contributed by atoms with E-state index >= 15 is 0 Å². The topological polar surface area (TPSA) is 56.1 Å². The second-order valence-corrected chi connectivity index (χ2v) is 4.54. The van der Waals surface area contributed by atoms with Crippen molar-refractivity contribution in [1.29, 1.82) is 5.26 Å². The Kier molecular flexibility index (Phi) is 3.55. The molecule has 5 heteroatoms. The summed E-state index contributed by atoms with van der Waals surface area (Å²) in [6.07, 6.45) is 2.65. The molecule has 0 saturated carbocycles. The van der Waals surface area contributed by atoms with E-state index < -0.39 is 0 Å². The molecule has 1 aliphatic heterocycles. The molecule has 2 rings (SSSR count). The van der Waals surface area contributed by atoms with E-state index in [0.717, 1.165) is 31.9 Å². The molecule has 0 bridgehead atoms. The average molecular weight is 231 g/mol. The standard InChI is InChI=1S/C12H17N5/c1-10-9-16(2)6-3-7-17(10)12-11(8-13)4-5-14-15-12/h4-5,10H,3,6-7,9H2,1-2H3. The highest BCUT2D eigenvalue weighted by Crippen LogP contribution is 2.20. The Hall–Kier alpha value is -1.67. The molecule has 1 unspecified atom stereocenters. The predicted octanol–water partition coefficient (Wildman–Crippen LogP) is 0.879. The number of hydrogen-bond donors (Lipinski definition) is 0. The average Bonchev–Trinajstić information content (AvgIpc) is 2.50. The maximum atomic E-state index is 9.10. The highest BCUT2D eigenvalue weighted by Gasteiger charge is 2.23. The van der Waals surface area contributed by atoms with Gasteiger partial charge in [-0.2, -0.15) is 10.4 Å². The van der Waals surface area contributed by atoms with E-state index in [0.29, 0.717) is 11.6 Å². The summed E-state index contributed by atoms with van der Waals surface area (Å²) < 4.78 is 0. The minimum atomic E-state index is 0.353. The van der Waals surface area contributed by atoms with Crippen LogP contribution in [0, 0.1) is 11.3 Å². The lowest BCUT2D eigenvalue weighted by atomic mass is 10.2. The van der Waals surface area contributed by atoms with Crippen molar-refractivity contribution in [1.82, 2.24) is 15.1 Å². The van der Waals surface area contributed by atoms with E-state index in [1.807, 2.05) is 0 Å². The second-order valence-electron chi connectivity index (χ2n) is 4.54. The van der Waals surface area contributed by atoms with E-state index in [2.05, 4.69) is 40.0 Å². The van der Waals surface area contributed by atoms with Gasteiger partial charge in [0.1, 0.15) is 6.07 Å². The van der Waals surface area contributed by atoms with Crippen molar-refractivity contribution in [2.45, 2.75) is 19.4 Å². The summed E-state index contributed by atoms with van der Waals surface area (Å²) >= 11 is 0. The fourth-order valence-corrected chi connectivity index (χ4v) is 2.31. The monoisotopic (exact) mass is 231 g/mol. The molecule has 0 aliphatic carbocycles. The smallest absolute Gasteiger partial charge is 0.169 e. The molecule has 5 nitrogen and oxygen atoms in total. The normalized spacial score (nSPS) is 21.9. The van der Waals surface area contributed by atoms with Crippen LogP contribution in [0.3, 0.4) is 0 Å². The van der Waals surface area contributed by atoms with Crippen molar-refractivity contribution in [2.24, 2.45) is 0 Å². The van der Waals surface area contributed by atoms with Crippen LogP contribution in [0.2, 0.25) is 0 Å². The van der Waals surface area contributed by atoms with Crippen LogP contribution in [0.4, 0.5) is 5.82 Å². The molecule has 1 saturated heterocycles. The summed E-state index contributed by atoms with van der Waals surface area (Å²) in [7, 11) is 2.13. The first-order chi connectivity index (χ1) is 8.22. The lowest BCUT2D eigenvalue weighted by molar-refractivity contribution is 0.337. The zero-order chi connectivity index (χ0) is 12.3. The van der Waals surface area contributed by atoms with Gasteiger partial charge >= 0.3 is 0 Å². The van der Waals surface area contributed by atoms with Gasteiger partial charge in [0.25, 0.3) is 0 Å². The Labute approximate surface area is 102 Å². The van der Waals surface area contributed by atoms with Gasteiger partial charge in [-0.25, -0.2) is 0 Å². The van der Waals surface area contributed by atoms with Gasteiger partial charge in [-0.1, -0.05) is 0 Å². The molecule has 0 amide bonds. The van der Waals surface area contributed by atoms with Gasteiger partial charge in [-0.3, -0.25) is 0 Å². The van der Waals surface area contributed by atoms with Gasteiger partial charge in [0.15, 0.2) is 5.82 Å². The maximum Gasteiger partial charge on any atom is 0.169 e. The SMILES string of the molecule is CC1CN(C)CCCN1c1nnccc1C#N. The quantitative estimate of drug-likeness (QED) is 0.718. The van der Waals surface area contributed by atoms with Crippen LogP contribution in [-0.4, -0.2) is 47.8 Å². The Morgan fingerprint density at radius 3 is 3.06 bits per heavy atom. The van der Waals surface area contributed by atoms with Crippen LogP contribution in [0.5, 0.6) is 0 Å². The van der Waals surface area contributed by atoms with Gasteiger partial charge in [-0.05, 0) is 33.0 Å². The van der Waals surface area contributed by atoms with Crippen LogP contribution >= 0.6 is 0 Å². The zero-order valence-corrected chi connectivity index (χ0v) is 10.3. The summed E-state index contributed by atoms with van der Waals surface area (Å²) in [4.78, 5) is 4.50. The molecule has 17 heavy (non-hydrogen) atoms. The molecule has 2 heterocycles. The Morgan fingerprint density at radius 1 is 1.47 bits per heavy atom. The lowest BCUT2D eigenvalue weighted by Crippen LogP contribution is -2.39. The largest absolute Gasteiger partial charge is 0.350 e. The number of rotatable bonds is 1. The van der Waals surface area contributed by atoms with E-state index in [1.165, 1.54) is 0 Å². The molecular formula is C12H17N5. The van der Waals surface area contributed by atoms with Gasteiger partial charge in [0.2, 0.25) is 0 Å². The molecular weight excluding hydrogens is 214 g/mol. The second kappa shape index (κ2) is 5.11. The number of nitriles is 1. The minimum Gasteiger partial charge on any atom is -0.350 e. The van der Waals surface area contributed by atoms with Crippen LogP contribution in [0.25, 0.3) is 0 Å². The first-order valence-corrected chi connectivity index (χ1v) is 5.89. The van der Waals surface area contributed by atoms with E-state index in [-0.39, 0.29) is 0 Å². The van der Waals surface area contributed by atoms with Crippen molar-refractivity contribution in [2.75, 3.05) is 31.6 Å². The number of likely N-dealkylation sites (N-methyl/N-ethyl adjacent to an activating group) is 1. The summed E-state index contributed by atoms with van der Waals surface area (Å²) in [6, 6.07) is 4.27. The van der Waals surface area contributed by atoms with E-state index in [4.69, 9.17) is 5.26 Å². The number of aromatic nitrogens is 2.